The van der Waals surface area contributed by atoms with Crippen molar-refractivity contribution in [3.8, 4) is 5.75 Å². The third kappa shape index (κ3) is 9.63. The number of carboxylic acids is 2. The largest absolute Gasteiger partial charge is 0.492 e. The molecule has 0 unspecified atom stereocenters. The van der Waals surface area contributed by atoms with Gasteiger partial charge in [0.15, 0.2) is 0 Å². The number of hydrogen-bond donors (Lipinski definition) is 2. The molecule has 0 radical (unpaired) electrons. The number of halogens is 1. The minimum Gasteiger partial charge on any atom is -0.492 e. The number of aryl methyl sites for hydroxylation is 1. The quantitative estimate of drug-likeness (QED) is 0.551. The van der Waals surface area contributed by atoms with Crippen molar-refractivity contribution in [3.05, 3.63) is 64.7 Å². The molecule has 0 saturated heterocycles. The smallest absolute Gasteiger partial charge is 0.414 e. The molecule has 2 rings (SSSR count). The Morgan fingerprint density at radius 2 is 1.70 bits per heavy atom. The number of carboxylic acid groups (broad SMARTS) is 2. The van der Waals surface area contributed by atoms with Crippen LogP contribution in [-0.2, 0) is 16.1 Å². The van der Waals surface area contributed by atoms with E-state index < -0.39 is 11.9 Å². The molecule has 7 heteroatoms. The van der Waals surface area contributed by atoms with Gasteiger partial charge in [0.05, 0.1) is 11.6 Å². The zero-order valence-electron chi connectivity index (χ0n) is 15.4. The third-order valence-corrected chi connectivity index (χ3v) is 3.82. The summed E-state index contributed by atoms with van der Waals surface area (Å²) < 4.78 is 5.76. The van der Waals surface area contributed by atoms with Gasteiger partial charge in [-0.3, -0.25) is 0 Å². The van der Waals surface area contributed by atoms with Gasteiger partial charge in [-0.1, -0.05) is 48.0 Å². The molecule has 0 atom stereocenters. The highest BCUT2D eigenvalue weighted by molar-refractivity contribution is 6.32. The molecule has 0 bridgehead atoms. The summed E-state index contributed by atoms with van der Waals surface area (Å²) in [4.78, 5) is 20.5. The summed E-state index contributed by atoms with van der Waals surface area (Å²) in [6, 6.07) is 16.4. The number of rotatable bonds is 7. The molecule has 2 N–H and O–H groups in total. The molecule has 0 fully saturated rings. The molecule has 2 aromatic carbocycles. The molecule has 0 aliphatic heterocycles. The average Bonchev–Trinajstić information content (AvgIpc) is 2.63. The molecule has 2 aromatic rings. The van der Waals surface area contributed by atoms with E-state index in [1.807, 2.05) is 31.2 Å². The molecular weight excluding hydrogens is 370 g/mol. The van der Waals surface area contributed by atoms with Crippen LogP contribution < -0.4 is 4.74 Å². The van der Waals surface area contributed by atoms with Gasteiger partial charge in [0, 0.05) is 13.1 Å². The van der Waals surface area contributed by atoms with Crippen molar-refractivity contribution >= 4 is 23.5 Å². The highest BCUT2D eigenvalue weighted by atomic mass is 35.5. The van der Waals surface area contributed by atoms with Crippen LogP contribution in [0.5, 0.6) is 5.75 Å². The van der Waals surface area contributed by atoms with Gasteiger partial charge in [0.1, 0.15) is 5.75 Å². The molecule has 0 heterocycles. The standard InChI is InChI=1S/C18H22ClNO.C2H2O4/c1-15-9-10-17(19)18(13-15)21-12-6-11-20(2)14-16-7-4-3-5-8-16;3-1(4)2(5)6/h3-5,7-10,13H,6,11-12,14H2,1-2H3;(H,3,4)(H,5,6). The van der Waals surface area contributed by atoms with Crippen molar-refractivity contribution in [2.24, 2.45) is 0 Å². The maximum absolute atomic E-state index is 9.10. The molecule has 0 saturated carbocycles. The first-order valence-corrected chi connectivity index (χ1v) is 8.75. The lowest BCUT2D eigenvalue weighted by atomic mass is 10.2. The summed E-state index contributed by atoms with van der Waals surface area (Å²) in [6.45, 7) is 4.68. The van der Waals surface area contributed by atoms with Crippen LogP contribution in [0.4, 0.5) is 0 Å². The molecule has 0 amide bonds. The second kappa shape index (κ2) is 11.9. The fourth-order valence-electron chi connectivity index (χ4n) is 2.21. The van der Waals surface area contributed by atoms with E-state index in [9.17, 15) is 0 Å². The van der Waals surface area contributed by atoms with E-state index in [4.69, 9.17) is 36.1 Å². The average molecular weight is 394 g/mol. The fraction of sp³-hybridized carbons (Fsp3) is 0.300. The summed E-state index contributed by atoms with van der Waals surface area (Å²) in [6.07, 6.45) is 0.980. The summed E-state index contributed by atoms with van der Waals surface area (Å²) in [5.74, 6) is -2.87. The van der Waals surface area contributed by atoms with Crippen LogP contribution in [0.3, 0.4) is 0 Å². The molecule has 0 spiro atoms. The predicted molar refractivity (Wildman–Crippen MR) is 104 cm³/mol. The Morgan fingerprint density at radius 1 is 1.07 bits per heavy atom. The van der Waals surface area contributed by atoms with Crippen LogP contribution in [0.15, 0.2) is 48.5 Å². The first kappa shape index (κ1) is 22.5. The molecule has 0 aromatic heterocycles. The zero-order chi connectivity index (χ0) is 20.2. The lowest BCUT2D eigenvalue weighted by Gasteiger charge is -2.17. The van der Waals surface area contributed by atoms with Gasteiger partial charge in [-0.25, -0.2) is 9.59 Å². The molecule has 6 nitrogen and oxygen atoms in total. The molecular formula is C20H24ClNO5. The van der Waals surface area contributed by atoms with Gasteiger partial charge in [-0.05, 0) is 43.7 Å². The Balaban J connectivity index is 0.000000527. The van der Waals surface area contributed by atoms with E-state index in [1.54, 1.807) is 0 Å². The van der Waals surface area contributed by atoms with E-state index >= 15 is 0 Å². The first-order chi connectivity index (χ1) is 12.8. The van der Waals surface area contributed by atoms with E-state index in [2.05, 4.69) is 36.2 Å². The van der Waals surface area contributed by atoms with Crippen LogP contribution >= 0.6 is 11.6 Å². The summed E-state index contributed by atoms with van der Waals surface area (Å²) in [5, 5.41) is 15.5. The van der Waals surface area contributed by atoms with E-state index in [0.717, 1.165) is 30.8 Å². The van der Waals surface area contributed by atoms with Crippen molar-refractivity contribution in [1.29, 1.82) is 0 Å². The third-order valence-electron chi connectivity index (χ3n) is 3.51. The Labute approximate surface area is 164 Å². The predicted octanol–water partition coefficient (Wildman–Crippen LogP) is 3.70. The van der Waals surface area contributed by atoms with Crippen molar-refractivity contribution < 1.29 is 24.5 Å². The fourth-order valence-corrected chi connectivity index (χ4v) is 2.38. The number of ether oxygens (including phenoxy) is 1. The molecule has 146 valence electrons. The van der Waals surface area contributed by atoms with Crippen molar-refractivity contribution in [2.45, 2.75) is 19.9 Å². The number of nitrogens with zero attached hydrogens (tertiary/aromatic N) is 1. The van der Waals surface area contributed by atoms with Gasteiger partial charge >= 0.3 is 11.9 Å². The molecule has 0 aliphatic rings. The first-order valence-electron chi connectivity index (χ1n) is 8.37. The SMILES string of the molecule is Cc1ccc(Cl)c(OCCCN(C)Cc2ccccc2)c1.O=C(O)C(=O)O. The number of aliphatic carboxylic acids is 2. The highest BCUT2D eigenvalue weighted by Crippen LogP contribution is 2.25. The Bertz CT molecular complexity index is 724. The summed E-state index contributed by atoms with van der Waals surface area (Å²) >= 11 is 6.11. The number of carbonyl (C=O) groups is 2. The second-order valence-corrected chi connectivity index (χ2v) is 6.38. The van der Waals surface area contributed by atoms with Crippen molar-refractivity contribution in [3.63, 3.8) is 0 Å². The summed E-state index contributed by atoms with van der Waals surface area (Å²) in [7, 11) is 2.13. The van der Waals surface area contributed by atoms with Crippen LogP contribution in [-0.4, -0.2) is 47.3 Å². The van der Waals surface area contributed by atoms with Gasteiger partial charge in [-0.2, -0.15) is 0 Å². The second-order valence-electron chi connectivity index (χ2n) is 5.97. The summed E-state index contributed by atoms with van der Waals surface area (Å²) in [5.41, 5.74) is 2.50. The minimum atomic E-state index is -1.82. The monoisotopic (exact) mass is 393 g/mol. The maximum atomic E-state index is 9.10. The van der Waals surface area contributed by atoms with E-state index in [0.29, 0.717) is 11.6 Å². The highest BCUT2D eigenvalue weighted by Gasteiger charge is 2.04. The Hall–Kier alpha value is -2.57. The van der Waals surface area contributed by atoms with E-state index in [-0.39, 0.29) is 0 Å². The van der Waals surface area contributed by atoms with Crippen molar-refractivity contribution in [2.75, 3.05) is 20.2 Å². The zero-order valence-corrected chi connectivity index (χ0v) is 16.1. The maximum Gasteiger partial charge on any atom is 0.414 e. The van der Waals surface area contributed by atoms with Gasteiger partial charge < -0.3 is 19.8 Å². The normalized spacial score (nSPS) is 10.1. The van der Waals surface area contributed by atoms with Gasteiger partial charge in [-0.15, -0.1) is 0 Å². The number of benzene rings is 2. The van der Waals surface area contributed by atoms with Crippen LogP contribution in [0.25, 0.3) is 0 Å². The van der Waals surface area contributed by atoms with Crippen LogP contribution in [0.2, 0.25) is 5.02 Å². The Morgan fingerprint density at radius 3 is 2.30 bits per heavy atom. The molecule has 27 heavy (non-hydrogen) atoms. The minimum absolute atomic E-state index is 0.679. The number of hydrogen-bond acceptors (Lipinski definition) is 4. The van der Waals surface area contributed by atoms with Crippen LogP contribution in [0.1, 0.15) is 17.5 Å². The molecule has 0 aliphatic carbocycles. The topological polar surface area (TPSA) is 87.1 Å². The Kier molecular flexibility index (Phi) is 9.93. The van der Waals surface area contributed by atoms with Gasteiger partial charge in [0.2, 0.25) is 0 Å². The lowest BCUT2D eigenvalue weighted by Crippen LogP contribution is -2.20. The van der Waals surface area contributed by atoms with E-state index in [1.165, 1.54) is 5.56 Å². The van der Waals surface area contributed by atoms with Crippen molar-refractivity contribution in [1.82, 2.24) is 4.90 Å². The lowest BCUT2D eigenvalue weighted by molar-refractivity contribution is -0.159. The van der Waals surface area contributed by atoms with Gasteiger partial charge in [0.25, 0.3) is 0 Å². The van der Waals surface area contributed by atoms with Crippen LogP contribution in [0, 0.1) is 6.92 Å².